The van der Waals surface area contributed by atoms with Crippen molar-refractivity contribution < 1.29 is 19.1 Å². The second-order valence-corrected chi connectivity index (χ2v) is 7.30. The smallest absolute Gasteiger partial charge is 0.410 e. The fourth-order valence-corrected chi connectivity index (χ4v) is 3.27. The van der Waals surface area contributed by atoms with Gasteiger partial charge in [-0.05, 0) is 25.5 Å². The van der Waals surface area contributed by atoms with Crippen LogP contribution in [0.25, 0.3) is 0 Å². The lowest BCUT2D eigenvalue weighted by molar-refractivity contribution is 0.00877. The van der Waals surface area contributed by atoms with Gasteiger partial charge in [0.1, 0.15) is 12.3 Å². The van der Waals surface area contributed by atoms with Gasteiger partial charge in [0.25, 0.3) is 5.91 Å². The first-order chi connectivity index (χ1) is 13.4. The predicted molar refractivity (Wildman–Crippen MR) is 104 cm³/mol. The highest BCUT2D eigenvalue weighted by molar-refractivity contribution is 5.92. The van der Waals surface area contributed by atoms with Gasteiger partial charge in [-0.1, -0.05) is 36.4 Å². The molecule has 0 atom stereocenters. The van der Waals surface area contributed by atoms with Crippen molar-refractivity contribution in [1.82, 2.24) is 14.8 Å². The van der Waals surface area contributed by atoms with E-state index in [0.717, 1.165) is 5.56 Å². The van der Waals surface area contributed by atoms with Gasteiger partial charge < -0.3 is 14.4 Å². The second-order valence-electron chi connectivity index (χ2n) is 7.30. The molecule has 1 aliphatic heterocycles. The number of amides is 2. The van der Waals surface area contributed by atoms with Crippen LogP contribution < -0.4 is 4.74 Å². The number of benzene rings is 1. The zero-order chi connectivity index (χ0) is 20.1. The summed E-state index contributed by atoms with van der Waals surface area (Å²) in [5.74, 6) is 0.220. The molecule has 0 aliphatic carbocycles. The maximum absolute atomic E-state index is 12.8. The van der Waals surface area contributed by atoms with Gasteiger partial charge in [0.2, 0.25) is 5.88 Å². The van der Waals surface area contributed by atoms with Crippen LogP contribution in [0.1, 0.15) is 29.9 Å². The minimum atomic E-state index is -0.555. The Labute approximate surface area is 164 Å². The Hall–Kier alpha value is -3.09. The number of pyridine rings is 1. The van der Waals surface area contributed by atoms with E-state index in [4.69, 9.17) is 9.47 Å². The Balaban J connectivity index is 1.63. The Kier molecular flexibility index (Phi) is 5.82. The van der Waals surface area contributed by atoms with Crippen LogP contribution >= 0.6 is 0 Å². The third kappa shape index (κ3) is 4.42. The van der Waals surface area contributed by atoms with Gasteiger partial charge >= 0.3 is 6.09 Å². The molecule has 1 aliphatic rings. The maximum atomic E-state index is 12.8. The van der Waals surface area contributed by atoms with E-state index >= 15 is 0 Å². The van der Waals surface area contributed by atoms with Crippen LogP contribution in [0.5, 0.6) is 5.88 Å². The number of methoxy groups -OCH3 is 1. The van der Waals surface area contributed by atoms with Crippen molar-refractivity contribution in [3.05, 3.63) is 59.8 Å². The molecule has 2 amide bonds. The molecule has 7 nitrogen and oxygen atoms in total. The average Bonchev–Trinajstić information content (AvgIpc) is 2.71. The standard InChI is InChI=1S/C21H25N3O4/c1-21(2)15-23(19(25)17-10-7-11-18(22-17)27-3)12-13-24(21)20(26)28-14-16-8-5-4-6-9-16/h4-11H,12-15H2,1-3H3. The lowest BCUT2D eigenvalue weighted by Gasteiger charge is -2.46. The van der Waals surface area contributed by atoms with E-state index in [2.05, 4.69) is 4.98 Å². The summed E-state index contributed by atoms with van der Waals surface area (Å²) in [6.45, 7) is 5.29. The number of nitrogens with zero attached hydrogens (tertiary/aromatic N) is 3. The van der Waals surface area contributed by atoms with Crippen molar-refractivity contribution in [2.45, 2.75) is 26.0 Å². The zero-order valence-electron chi connectivity index (χ0n) is 16.4. The summed E-state index contributed by atoms with van der Waals surface area (Å²) in [7, 11) is 1.51. The van der Waals surface area contributed by atoms with E-state index in [1.807, 2.05) is 44.2 Å². The summed E-state index contributed by atoms with van der Waals surface area (Å²) in [4.78, 5) is 33.0. The molecule has 148 valence electrons. The Bertz CT molecular complexity index is 839. The van der Waals surface area contributed by atoms with Crippen molar-refractivity contribution >= 4 is 12.0 Å². The van der Waals surface area contributed by atoms with E-state index in [-0.39, 0.29) is 18.6 Å². The molecule has 28 heavy (non-hydrogen) atoms. The van der Waals surface area contributed by atoms with Crippen LogP contribution in [-0.2, 0) is 11.3 Å². The van der Waals surface area contributed by atoms with Crippen LogP contribution in [0.3, 0.4) is 0 Å². The number of piperazine rings is 1. The second kappa shape index (κ2) is 8.29. The third-order valence-corrected chi connectivity index (χ3v) is 4.77. The molecule has 1 aromatic carbocycles. The lowest BCUT2D eigenvalue weighted by atomic mass is 9.99. The number of rotatable bonds is 4. The van der Waals surface area contributed by atoms with E-state index in [9.17, 15) is 9.59 Å². The minimum absolute atomic E-state index is 0.177. The van der Waals surface area contributed by atoms with Gasteiger partial charge in [0.05, 0.1) is 12.6 Å². The van der Waals surface area contributed by atoms with Crippen LogP contribution in [0.2, 0.25) is 0 Å². The monoisotopic (exact) mass is 383 g/mol. The SMILES string of the molecule is COc1cccc(C(=O)N2CCN(C(=O)OCc3ccccc3)C(C)(C)C2)n1. The first kappa shape index (κ1) is 19.7. The van der Waals surface area contributed by atoms with Crippen LogP contribution in [0, 0.1) is 0 Å². The highest BCUT2D eigenvalue weighted by Gasteiger charge is 2.39. The number of ether oxygens (including phenoxy) is 2. The molecule has 1 saturated heterocycles. The molecule has 0 unspecified atom stereocenters. The number of carbonyl (C=O) groups is 2. The van der Waals surface area contributed by atoms with Crippen molar-refractivity contribution in [2.24, 2.45) is 0 Å². The maximum Gasteiger partial charge on any atom is 0.410 e. The predicted octanol–water partition coefficient (Wildman–Crippen LogP) is 2.96. The van der Waals surface area contributed by atoms with Crippen molar-refractivity contribution in [1.29, 1.82) is 0 Å². The zero-order valence-corrected chi connectivity index (χ0v) is 16.4. The summed E-state index contributed by atoms with van der Waals surface area (Å²) < 4.78 is 10.6. The van der Waals surface area contributed by atoms with E-state index in [1.54, 1.807) is 28.0 Å². The summed E-state index contributed by atoms with van der Waals surface area (Å²) in [5, 5.41) is 0. The minimum Gasteiger partial charge on any atom is -0.481 e. The van der Waals surface area contributed by atoms with Crippen molar-refractivity contribution in [3.63, 3.8) is 0 Å². The molecule has 0 saturated carbocycles. The van der Waals surface area contributed by atoms with E-state index in [0.29, 0.717) is 31.2 Å². The van der Waals surface area contributed by atoms with Crippen LogP contribution in [0.4, 0.5) is 4.79 Å². The van der Waals surface area contributed by atoms with Gasteiger partial charge in [-0.2, -0.15) is 0 Å². The Morgan fingerprint density at radius 2 is 1.82 bits per heavy atom. The van der Waals surface area contributed by atoms with Gasteiger partial charge in [-0.25, -0.2) is 9.78 Å². The van der Waals surface area contributed by atoms with Gasteiger partial charge in [-0.15, -0.1) is 0 Å². The molecule has 0 N–H and O–H groups in total. The Morgan fingerprint density at radius 3 is 2.50 bits per heavy atom. The van der Waals surface area contributed by atoms with E-state index in [1.165, 1.54) is 7.11 Å². The normalized spacial score (nSPS) is 15.8. The van der Waals surface area contributed by atoms with E-state index < -0.39 is 5.54 Å². The van der Waals surface area contributed by atoms with Crippen LogP contribution in [-0.4, -0.2) is 59.1 Å². The molecule has 2 aromatic rings. The quantitative estimate of drug-likeness (QED) is 0.812. The van der Waals surface area contributed by atoms with Gasteiger partial charge in [0, 0.05) is 25.7 Å². The molecule has 3 rings (SSSR count). The van der Waals surface area contributed by atoms with Gasteiger partial charge in [0.15, 0.2) is 0 Å². The molecule has 2 heterocycles. The number of hydrogen-bond donors (Lipinski definition) is 0. The summed E-state index contributed by atoms with van der Waals surface area (Å²) in [6, 6.07) is 14.7. The average molecular weight is 383 g/mol. The summed E-state index contributed by atoms with van der Waals surface area (Å²) >= 11 is 0. The Morgan fingerprint density at radius 1 is 1.07 bits per heavy atom. The van der Waals surface area contributed by atoms with Crippen molar-refractivity contribution in [3.8, 4) is 5.88 Å². The molecule has 1 fully saturated rings. The first-order valence-corrected chi connectivity index (χ1v) is 9.19. The molecule has 0 spiro atoms. The number of hydrogen-bond acceptors (Lipinski definition) is 5. The lowest BCUT2D eigenvalue weighted by Crippen LogP contribution is -2.62. The summed E-state index contributed by atoms with van der Waals surface area (Å²) in [5.41, 5.74) is 0.711. The molecule has 1 aromatic heterocycles. The number of aromatic nitrogens is 1. The molecular weight excluding hydrogens is 358 g/mol. The van der Waals surface area contributed by atoms with Gasteiger partial charge in [-0.3, -0.25) is 9.69 Å². The molecule has 0 radical (unpaired) electrons. The third-order valence-electron chi connectivity index (χ3n) is 4.77. The van der Waals surface area contributed by atoms with Crippen molar-refractivity contribution in [2.75, 3.05) is 26.7 Å². The molecular formula is C21H25N3O4. The fourth-order valence-electron chi connectivity index (χ4n) is 3.27. The number of carbonyl (C=O) groups excluding carboxylic acids is 2. The molecule has 7 heteroatoms. The first-order valence-electron chi connectivity index (χ1n) is 9.19. The summed E-state index contributed by atoms with van der Waals surface area (Å²) in [6.07, 6.45) is -0.375. The highest BCUT2D eigenvalue weighted by Crippen LogP contribution is 2.23. The fraction of sp³-hybridized carbons (Fsp3) is 0.381. The topological polar surface area (TPSA) is 72.0 Å². The molecule has 0 bridgehead atoms. The van der Waals surface area contributed by atoms with Crippen LogP contribution in [0.15, 0.2) is 48.5 Å². The highest BCUT2D eigenvalue weighted by atomic mass is 16.6. The largest absolute Gasteiger partial charge is 0.481 e.